The SMILES string of the molecule is CO[Si](c1c(C)cccc1C)(c1c(C)cccc1C)[SiH](c1c(C)cccc1C)c1c(C)cccc1C. The monoisotopic (exact) mass is 508 g/mol. The van der Waals surface area contributed by atoms with Crippen LogP contribution in [0.2, 0.25) is 0 Å². The lowest BCUT2D eigenvalue weighted by Crippen LogP contribution is -2.80. The van der Waals surface area contributed by atoms with Gasteiger partial charge in [0, 0.05) is 7.11 Å². The van der Waals surface area contributed by atoms with Crippen LogP contribution in [-0.4, -0.2) is 23.3 Å². The molecule has 0 saturated carbocycles. The van der Waals surface area contributed by atoms with Crippen molar-refractivity contribution in [3.8, 4) is 0 Å². The molecule has 0 N–H and O–H groups in total. The first-order valence-electron chi connectivity index (χ1n) is 13.0. The van der Waals surface area contributed by atoms with Gasteiger partial charge in [0.25, 0.3) is 0 Å². The number of rotatable bonds is 6. The highest BCUT2D eigenvalue weighted by molar-refractivity contribution is 7.49. The van der Waals surface area contributed by atoms with E-state index in [-0.39, 0.29) is 0 Å². The normalized spacial score (nSPS) is 11.8. The molecule has 4 rings (SSSR count). The fourth-order valence-electron chi connectivity index (χ4n) is 6.65. The van der Waals surface area contributed by atoms with E-state index in [9.17, 15) is 0 Å². The van der Waals surface area contributed by atoms with E-state index in [4.69, 9.17) is 4.43 Å². The molecule has 36 heavy (non-hydrogen) atoms. The van der Waals surface area contributed by atoms with Gasteiger partial charge in [-0.05, 0) is 88.0 Å². The van der Waals surface area contributed by atoms with E-state index in [1.807, 2.05) is 7.11 Å². The second kappa shape index (κ2) is 10.3. The Morgan fingerprint density at radius 1 is 0.444 bits per heavy atom. The van der Waals surface area contributed by atoms with Crippen molar-refractivity contribution in [2.75, 3.05) is 7.11 Å². The third kappa shape index (κ3) is 4.23. The Bertz CT molecular complexity index is 1240. The Labute approximate surface area is 220 Å². The minimum atomic E-state index is -2.80. The van der Waals surface area contributed by atoms with Crippen molar-refractivity contribution in [1.82, 2.24) is 0 Å². The van der Waals surface area contributed by atoms with Gasteiger partial charge >= 0.3 is 0 Å². The van der Waals surface area contributed by atoms with Crippen molar-refractivity contribution in [3.63, 3.8) is 0 Å². The first kappa shape index (κ1) is 26.3. The summed E-state index contributed by atoms with van der Waals surface area (Å²) in [4.78, 5) is 0. The smallest absolute Gasteiger partial charge is 0.247 e. The molecule has 0 amide bonds. The lowest BCUT2D eigenvalue weighted by Gasteiger charge is -2.43. The van der Waals surface area contributed by atoms with Gasteiger partial charge < -0.3 is 4.43 Å². The average Bonchev–Trinajstić information content (AvgIpc) is 2.81. The van der Waals surface area contributed by atoms with Gasteiger partial charge in [0.1, 0.15) is 8.31 Å². The molecule has 3 heteroatoms. The predicted molar refractivity (Wildman–Crippen MR) is 162 cm³/mol. The molecule has 0 atom stereocenters. The minimum absolute atomic E-state index is 1.35. The molecule has 0 radical (unpaired) electrons. The Morgan fingerprint density at radius 2 is 0.694 bits per heavy atom. The fraction of sp³-hybridized carbons (Fsp3) is 0.273. The van der Waals surface area contributed by atoms with Crippen LogP contribution in [0, 0.1) is 55.4 Å². The summed E-state index contributed by atoms with van der Waals surface area (Å²) in [7, 11) is -2.80. The third-order valence-corrected chi connectivity index (χ3v) is 22.2. The molecule has 0 spiro atoms. The summed E-state index contributed by atoms with van der Waals surface area (Å²) in [5.74, 6) is 0. The average molecular weight is 509 g/mol. The first-order chi connectivity index (χ1) is 17.1. The number of benzene rings is 4. The fourth-order valence-corrected chi connectivity index (χ4v) is 24.5. The van der Waals surface area contributed by atoms with Crippen LogP contribution in [-0.2, 0) is 4.43 Å². The molecule has 0 fully saturated rings. The van der Waals surface area contributed by atoms with E-state index in [0.29, 0.717) is 0 Å². The largest absolute Gasteiger partial charge is 0.413 e. The molecule has 0 unspecified atom stereocenters. The Kier molecular flexibility index (Phi) is 7.56. The van der Waals surface area contributed by atoms with Gasteiger partial charge in [-0.25, -0.2) is 0 Å². The van der Waals surface area contributed by atoms with Crippen LogP contribution in [0.25, 0.3) is 0 Å². The van der Waals surface area contributed by atoms with Gasteiger partial charge in [0.15, 0.2) is 0 Å². The second-order valence-electron chi connectivity index (χ2n) is 10.5. The van der Waals surface area contributed by atoms with Crippen LogP contribution in [0.5, 0.6) is 0 Å². The van der Waals surface area contributed by atoms with E-state index >= 15 is 0 Å². The molecule has 0 aliphatic heterocycles. The van der Waals surface area contributed by atoms with E-state index in [0.717, 1.165) is 0 Å². The maximum atomic E-state index is 7.22. The van der Waals surface area contributed by atoms with Gasteiger partial charge in [-0.3, -0.25) is 0 Å². The van der Waals surface area contributed by atoms with Crippen LogP contribution in [0.15, 0.2) is 72.8 Å². The molecule has 0 heterocycles. The van der Waals surface area contributed by atoms with Crippen LogP contribution < -0.4 is 20.7 Å². The lowest BCUT2D eigenvalue weighted by molar-refractivity contribution is 0.430. The second-order valence-corrected chi connectivity index (χ2v) is 19.6. The molecule has 186 valence electrons. The van der Waals surface area contributed by atoms with E-state index in [2.05, 4.69) is 128 Å². The van der Waals surface area contributed by atoms with Crippen LogP contribution >= 0.6 is 0 Å². The maximum Gasteiger partial charge on any atom is 0.247 e. The maximum absolute atomic E-state index is 7.22. The minimum Gasteiger partial charge on any atom is -0.413 e. The summed E-state index contributed by atoms with van der Waals surface area (Å²) in [5, 5.41) is 6.03. The summed E-state index contributed by atoms with van der Waals surface area (Å²) in [5.41, 5.74) is 11.0. The van der Waals surface area contributed by atoms with Crippen LogP contribution in [0.3, 0.4) is 0 Å². The third-order valence-electron chi connectivity index (χ3n) is 8.10. The predicted octanol–water partition coefficient (Wildman–Crippen LogP) is 4.98. The number of hydrogen-bond donors (Lipinski definition) is 0. The molecule has 4 aromatic rings. The molecule has 1 nitrogen and oxygen atoms in total. The molecule has 0 aliphatic carbocycles. The van der Waals surface area contributed by atoms with E-state index in [1.165, 1.54) is 54.9 Å². The number of aryl methyl sites for hydroxylation is 8. The highest BCUT2D eigenvalue weighted by atomic mass is 29.2. The van der Waals surface area contributed by atoms with Crippen molar-refractivity contribution < 1.29 is 4.43 Å². The Balaban J connectivity index is 2.33. The van der Waals surface area contributed by atoms with Crippen LogP contribution in [0.4, 0.5) is 0 Å². The summed E-state index contributed by atoms with van der Waals surface area (Å²) in [6.07, 6.45) is 0. The summed E-state index contributed by atoms with van der Waals surface area (Å²) < 4.78 is 7.22. The highest BCUT2D eigenvalue weighted by Crippen LogP contribution is 2.23. The van der Waals surface area contributed by atoms with Crippen molar-refractivity contribution in [3.05, 3.63) is 117 Å². The molecule has 0 saturated heterocycles. The Morgan fingerprint density at radius 3 is 0.944 bits per heavy atom. The first-order valence-corrected chi connectivity index (χ1v) is 17.8. The van der Waals surface area contributed by atoms with E-state index in [1.54, 1.807) is 10.4 Å². The van der Waals surface area contributed by atoms with E-state index < -0.39 is 16.1 Å². The van der Waals surface area contributed by atoms with Crippen molar-refractivity contribution in [2.24, 2.45) is 0 Å². The molecule has 0 bridgehead atoms. The van der Waals surface area contributed by atoms with Gasteiger partial charge in [-0.15, -0.1) is 0 Å². The van der Waals surface area contributed by atoms with Gasteiger partial charge in [-0.2, -0.15) is 0 Å². The van der Waals surface area contributed by atoms with Crippen molar-refractivity contribution >= 4 is 36.9 Å². The molecule has 0 aromatic heterocycles. The molecular formula is C33H40OSi2. The zero-order chi connectivity index (χ0) is 26.2. The van der Waals surface area contributed by atoms with Gasteiger partial charge in [0.05, 0.1) is 0 Å². The van der Waals surface area contributed by atoms with Gasteiger partial charge in [0.2, 0.25) is 7.83 Å². The standard InChI is InChI=1S/C33H40OSi2/c1-22-14-10-15-23(2)30(22)35(31-24(3)16-11-17-25(31)4)36(34-9,32-26(5)18-12-19-27(32)6)33-28(7)20-13-21-29(33)8/h10-21,35H,1-9H3. The lowest BCUT2D eigenvalue weighted by atomic mass is 10.1. The molecular weight excluding hydrogens is 469 g/mol. The molecule has 0 aliphatic rings. The quantitative estimate of drug-likeness (QED) is 0.334. The van der Waals surface area contributed by atoms with Crippen molar-refractivity contribution in [2.45, 2.75) is 55.4 Å². The van der Waals surface area contributed by atoms with Crippen LogP contribution in [0.1, 0.15) is 44.5 Å². The Hall–Kier alpha value is -2.73. The summed E-state index contributed by atoms with van der Waals surface area (Å²) >= 11 is 0. The highest BCUT2D eigenvalue weighted by Gasteiger charge is 2.53. The summed E-state index contributed by atoms with van der Waals surface area (Å²) in [6, 6.07) is 27.2. The number of hydrogen-bond acceptors (Lipinski definition) is 1. The zero-order valence-electron chi connectivity index (χ0n) is 23.4. The topological polar surface area (TPSA) is 9.23 Å². The molecule has 4 aromatic carbocycles. The van der Waals surface area contributed by atoms with Crippen molar-refractivity contribution in [1.29, 1.82) is 0 Å². The zero-order valence-corrected chi connectivity index (χ0v) is 25.6. The van der Waals surface area contributed by atoms with Gasteiger partial charge in [-0.1, -0.05) is 105 Å². The summed E-state index contributed by atoms with van der Waals surface area (Å²) in [6.45, 7) is 18.4.